The Kier molecular flexibility index (Phi) is 5.58. The molecule has 2 aliphatic carbocycles. The average Bonchev–Trinajstić information content (AvgIpc) is 2.68. The number of carboxylic acid groups (broad SMARTS) is 1. The number of nitrogens with one attached hydrogen (secondary N) is 2. The molecule has 3 aliphatic rings. The molecule has 2 saturated carbocycles. The van der Waals surface area contributed by atoms with Crippen molar-refractivity contribution in [2.45, 2.75) is 50.5 Å². The van der Waals surface area contributed by atoms with Crippen molar-refractivity contribution in [3.63, 3.8) is 0 Å². The normalized spacial score (nSPS) is 28.3. The van der Waals surface area contributed by atoms with Crippen LogP contribution in [0.1, 0.15) is 44.1 Å². The molecule has 3 fully saturated rings. The molecule has 1 aromatic rings. The van der Waals surface area contributed by atoms with Crippen LogP contribution in [-0.4, -0.2) is 58.0 Å². The van der Waals surface area contributed by atoms with Gasteiger partial charge in [-0.3, -0.25) is 15.1 Å². The zero-order valence-electron chi connectivity index (χ0n) is 17.3. The maximum absolute atomic E-state index is 13.1. The summed E-state index contributed by atoms with van der Waals surface area (Å²) in [6.07, 6.45) is 6.03. The van der Waals surface area contributed by atoms with Crippen molar-refractivity contribution in [1.29, 1.82) is 5.41 Å². The monoisotopic (exact) mass is 413 g/mol. The van der Waals surface area contributed by atoms with Gasteiger partial charge in [0, 0.05) is 25.3 Å². The summed E-state index contributed by atoms with van der Waals surface area (Å²) < 4.78 is 0. The molecular formula is C22H31N5O3. The van der Waals surface area contributed by atoms with Gasteiger partial charge in [-0.25, -0.2) is 4.79 Å². The van der Waals surface area contributed by atoms with Crippen molar-refractivity contribution < 1.29 is 14.7 Å². The van der Waals surface area contributed by atoms with Crippen LogP contribution in [0, 0.1) is 17.2 Å². The molecule has 4 rings (SSSR count). The van der Waals surface area contributed by atoms with Gasteiger partial charge in [0.2, 0.25) is 5.91 Å². The van der Waals surface area contributed by atoms with E-state index >= 15 is 0 Å². The van der Waals surface area contributed by atoms with Crippen LogP contribution in [0.5, 0.6) is 0 Å². The Balaban J connectivity index is 1.50. The second kappa shape index (κ2) is 8.16. The van der Waals surface area contributed by atoms with Crippen molar-refractivity contribution >= 4 is 23.6 Å². The maximum Gasteiger partial charge on any atom is 0.407 e. The van der Waals surface area contributed by atoms with Gasteiger partial charge in [-0.15, -0.1) is 0 Å². The van der Waals surface area contributed by atoms with Crippen LogP contribution in [0.15, 0.2) is 24.3 Å². The lowest BCUT2D eigenvalue weighted by atomic mass is 9.58. The Morgan fingerprint density at radius 1 is 1.10 bits per heavy atom. The lowest BCUT2D eigenvalue weighted by Crippen LogP contribution is -2.72. The van der Waals surface area contributed by atoms with Crippen molar-refractivity contribution in [2.24, 2.45) is 17.6 Å². The molecule has 0 radical (unpaired) electrons. The number of guanidine groups is 1. The summed E-state index contributed by atoms with van der Waals surface area (Å²) >= 11 is 0. The van der Waals surface area contributed by atoms with Crippen LogP contribution in [0.2, 0.25) is 0 Å². The van der Waals surface area contributed by atoms with Gasteiger partial charge in [-0.05, 0) is 55.2 Å². The van der Waals surface area contributed by atoms with Gasteiger partial charge < -0.3 is 21.1 Å². The molecule has 1 aliphatic heterocycles. The molecule has 2 amide bonds. The average molecular weight is 414 g/mol. The summed E-state index contributed by atoms with van der Waals surface area (Å²) in [5.74, 6) is 0.635. The molecular weight excluding hydrogens is 382 g/mol. The summed E-state index contributed by atoms with van der Waals surface area (Å²) in [6, 6.07) is 7.34. The van der Waals surface area contributed by atoms with E-state index in [1.807, 2.05) is 17.0 Å². The highest BCUT2D eigenvalue weighted by Crippen LogP contribution is 2.52. The fourth-order valence-electron chi connectivity index (χ4n) is 6.08. The van der Waals surface area contributed by atoms with Gasteiger partial charge in [0.1, 0.15) is 0 Å². The summed E-state index contributed by atoms with van der Waals surface area (Å²) in [6.45, 7) is 1.38. The molecule has 1 saturated heterocycles. The summed E-state index contributed by atoms with van der Waals surface area (Å²) in [7, 11) is 0. The Morgan fingerprint density at radius 3 is 2.23 bits per heavy atom. The Bertz CT molecular complexity index is 803. The molecule has 2 bridgehead atoms. The van der Waals surface area contributed by atoms with Crippen LogP contribution in [0.25, 0.3) is 0 Å². The highest BCUT2D eigenvalue weighted by molar-refractivity contribution is 5.89. The first-order chi connectivity index (χ1) is 14.4. The van der Waals surface area contributed by atoms with E-state index in [1.54, 1.807) is 17.0 Å². The molecule has 162 valence electrons. The molecule has 8 heteroatoms. The standard InChI is InChI=1S/C22H31N5O3/c23-20(24)25-18-9-7-15(8-10-18)13-19(28)26-11-12-27(21(29)30)22(14-26)16-3-1-4-17(22)6-2-5-16/h7-10,16-17H,1-6,11-14H2,(H,29,30)(H4,23,24,25)/t16-,17?,22?. The van der Waals surface area contributed by atoms with E-state index < -0.39 is 11.6 Å². The summed E-state index contributed by atoms with van der Waals surface area (Å²) in [5, 5.41) is 20.0. The Hall–Kier alpha value is -2.77. The van der Waals surface area contributed by atoms with Crippen molar-refractivity contribution in [3.05, 3.63) is 29.8 Å². The Labute approximate surface area is 176 Å². The first kappa shape index (κ1) is 20.5. The molecule has 1 heterocycles. The minimum atomic E-state index is -0.838. The summed E-state index contributed by atoms with van der Waals surface area (Å²) in [5.41, 5.74) is 6.54. The molecule has 5 N–H and O–H groups in total. The van der Waals surface area contributed by atoms with Gasteiger partial charge in [-0.2, -0.15) is 0 Å². The quantitative estimate of drug-likeness (QED) is 0.448. The molecule has 1 aromatic carbocycles. The van der Waals surface area contributed by atoms with Gasteiger partial charge >= 0.3 is 6.09 Å². The number of nitrogens with zero attached hydrogens (tertiary/aromatic N) is 2. The highest BCUT2D eigenvalue weighted by atomic mass is 16.4. The van der Waals surface area contributed by atoms with Crippen molar-refractivity contribution in [2.75, 3.05) is 25.0 Å². The van der Waals surface area contributed by atoms with Gasteiger partial charge in [0.25, 0.3) is 0 Å². The third-order valence-electron chi connectivity index (χ3n) is 7.34. The molecule has 0 aromatic heterocycles. The number of benzene rings is 1. The van der Waals surface area contributed by atoms with Crippen molar-refractivity contribution in [1.82, 2.24) is 9.80 Å². The molecule has 0 unspecified atom stereocenters. The van der Waals surface area contributed by atoms with E-state index in [-0.39, 0.29) is 11.9 Å². The van der Waals surface area contributed by atoms with E-state index in [4.69, 9.17) is 11.1 Å². The number of piperazine rings is 1. The number of carbonyl (C=O) groups is 2. The van der Waals surface area contributed by atoms with E-state index in [9.17, 15) is 14.7 Å². The highest BCUT2D eigenvalue weighted by Gasteiger charge is 2.57. The van der Waals surface area contributed by atoms with Crippen LogP contribution in [0.4, 0.5) is 10.5 Å². The van der Waals surface area contributed by atoms with Crippen LogP contribution in [-0.2, 0) is 11.2 Å². The molecule has 30 heavy (non-hydrogen) atoms. The van der Waals surface area contributed by atoms with Gasteiger partial charge in [0.05, 0.1) is 12.0 Å². The predicted molar refractivity (Wildman–Crippen MR) is 114 cm³/mol. The SMILES string of the molecule is N=C(N)Nc1ccc(CC(=O)N2CCN(C(=O)O)[C@]3(C2)C2CCC[C@H]3CCC2)cc1. The predicted octanol–water partition coefficient (Wildman–Crippen LogP) is 2.70. The lowest BCUT2D eigenvalue weighted by Gasteiger charge is -2.61. The number of amides is 2. The zero-order chi connectivity index (χ0) is 21.3. The van der Waals surface area contributed by atoms with Crippen LogP contribution in [0.3, 0.4) is 0 Å². The first-order valence-electron chi connectivity index (χ1n) is 10.9. The number of hydrogen-bond donors (Lipinski definition) is 4. The fourth-order valence-corrected chi connectivity index (χ4v) is 6.08. The number of rotatable bonds is 3. The van der Waals surface area contributed by atoms with Gasteiger partial charge in [-0.1, -0.05) is 25.0 Å². The zero-order valence-corrected chi connectivity index (χ0v) is 17.3. The third-order valence-corrected chi connectivity index (χ3v) is 7.34. The van der Waals surface area contributed by atoms with E-state index in [0.717, 1.165) is 31.2 Å². The largest absolute Gasteiger partial charge is 0.465 e. The minimum absolute atomic E-state index is 0.0512. The van der Waals surface area contributed by atoms with Crippen LogP contribution < -0.4 is 11.1 Å². The first-order valence-corrected chi connectivity index (χ1v) is 10.9. The second-order valence-electron chi connectivity index (χ2n) is 8.91. The van der Waals surface area contributed by atoms with Crippen molar-refractivity contribution in [3.8, 4) is 0 Å². The van der Waals surface area contributed by atoms with E-state index in [1.165, 1.54) is 12.8 Å². The topological polar surface area (TPSA) is 123 Å². The smallest absolute Gasteiger partial charge is 0.407 e. The maximum atomic E-state index is 13.1. The minimum Gasteiger partial charge on any atom is -0.465 e. The molecule has 0 atom stereocenters. The van der Waals surface area contributed by atoms with Gasteiger partial charge in [0.15, 0.2) is 5.96 Å². The number of hydrogen-bond acceptors (Lipinski definition) is 3. The fraction of sp³-hybridized carbons (Fsp3) is 0.591. The molecule has 1 spiro atoms. The number of nitrogens with two attached hydrogens (primary N) is 1. The molecule has 8 nitrogen and oxygen atoms in total. The number of carbonyl (C=O) groups excluding carboxylic acids is 1. The van der Waals surface area contributed by atoms with Crippen LogP contribution >= 0.6 is 0 Å². The lowest BCUT2D eigenvalue weighted by molar-refractivity contribution is -0.146. The van der Waals surface area contributed by atoms with E-state index in [2.05, 4.69) is 5.32 Å². The summed E-state index contributed by atoms with van der Waals surface area (Å²) in [4.78, 5) is 28.9. The second-order valence-corrected chi connectivity index (χ2v) is 8.91. The van der Waals surface area contributed by atoms with E-state index in [0.29, 0.717) is 43.6 Å². The Morgan fingerprint density at radius 2 is 1.70 bits per heavy atom. The number of anilines is 1. The third kappa shape index (κ3) is 3.70.